The van der Waals surface area contributed by atoms with Gasteiger partial charge in [-0.25, -0.2) is 4.79 Å². The van der Waals surface area contributed by atoms with E-state index in [2.05, 4.69) is 11.6 Å². The summed E-state index contributed by atoms with van der Waals surface area (Å²) in [6, 6.07) is 22.1. The summed E-state index contributed by atoms with van der Waals surface area (Å²) in [4.78, 5) is 77.8. The summed E-state index contributed by atoms with van der Waals surface area (Å²) in [5, 5.41) is 13.3. The Morgan fingerprint density at radius 1 is 0.862 bits per heavy atom. The molecule has 15 nitrogen and oxygen atoms in total. The molecule has 18 heteroatoms. The summed E-state index contributed by atoms with van der Waals surface area (Å²) in [5.74, 6) is -1.64. The molecule has 6 atom stereocenters. The SMILES string of the molecule is CC.CCl.COC(=O)C1OC(Oc2cc3c(c4ccccc24)CCN3C(=O)c2ccc(C)s2)C(OC(C)=O)C(OC=O)C1OC(C)=O.O=CN1CC(CCl)c2c1cc(O)c1ccccc21. The fourth-order valence-electron chi connectivity index (χ4n) is 8.10. The van der Waals surface area contributed by atoms with Gasteiger partial charge in [-0.2, -0.15) is 0 Å². The number of phenolic OH excluding ortho intramolecular Hbond substituents is 1. The molecule has 0 radical (unpaired) electrons. The van der Waals surface area contributed by atoms with Gasteiger partial charge in [0.25, 0.3) is 12.4 Å². The second kappa shape index (κ2) is 22.8. The number of ether oxygens (including phenoxy) is 6. The maximum Gasteiger partial charge on any atom is 0.339 e. The van der Waals surface area contributed by atoms with Gasteiger partial charge in [0.1, 0.15) is 11.5 Å². The lowest BCUT2D eigenvalue weighted by Crippen LogP contribution is -2.64. The Morgan fingerprint density at radius 3 is 2.08 bits per heavy atom. The molecule has 3 aliphatic heterocycles. The number of hydrogen-bond acceptors (Lipinski definition) is 14. The van der Waals surface area contributed by atoms with E-state index in [4.69, 9.17) is 40.0 Å². The van der Waals surface area contributed by atoms with Crippen molar-refractivity contribution in [3.8, 4) is 11.5 Å². The van der Waals surface area contributed by atoms with Crippen LogP contribution in [0.2, 0.25) is 0 Å². The van der Waals surface area contributed by atoms with Gasteiger partial charge in [-0.1, -0.05) is 62.4 Å². The van der Waals surface area contributed by atoms with Gasteiger partial charge in [0.05, 0.1) is 23.4 Å². The highest BCUT2D eigenvalue weighted by Gasteiger charge is 2.55. The summed E-state index contributed by atoms with van der Waals surface area (Å²) in [6.07, 6.45) is -4.72. The van der Waals surface area contributed by atoms with Crippen LogP contribution in [0, 0.1) is 6.92 Å². The van der Waals surface area contributed by atoms with Crippen LogP contribution in [-0.4, -0.2) is 105 Å². The molecule has 4 heterocycles. The number of aryl methyl sites for hydroxylation is 1. The Morgan fingerprint density at radius 2 is 1.49 bits per heavy atom. The standard InChI is InChI=1S/C30H29NO11S.C14H12ClNO2.C2H6.CH3Cl/c1-15-9-10-23(43-15)28(35)31-12-11-19-18-7-5-6-8-20(18)22(13-21(19)31)41-30-27(40-17(3)34)24(38-14-32)25(39-16(2)33)26(42-30)29(36)37-4;15-6-9-7-16(8-17)12-5-13(18)10-3-1-2-4-11(10)14(9)12;2*1-2/h5-10,13-14,24-27,30H,11-12H2,1-4H3;1-5,8-9,18H,6-7H2;1-2H3;1H3. The average Bonchev–Trinajstić information content (AvgIpc) is 4.06. The third-order valence-electron chi connectivity index (χ3n) is 10.6. The van der Waals surface area contributed by atoms with Crippen molar-refractivity contribution in [1.82, 2.24) is 0 Å². The van der Waals surface area contributed by atoms with Crippen molar-refractivity contribution < 1.29 is 62.3 Å². The predicted octanol–water partition coefficient (Wildman–Crippen LogP) is 7.82. The van der Waals surface area contributed by atoms with E-state index in [0.29, 0.717) is 41.3 Å². The Labute approximate surface area is 390 Å². The number of halogens is 2. The van der Waals surface area contributed by atoms with Gasteiger partial charge >= 0.3 is 17.9 Å². The van der Waals surface area contributed by atoms with E-state index >= 15 is 0 Å². The molecule has 1 N–H and O–H groups in total. The topological polar surface area (TPSA) is 185 Å². The molecule has 0 bridgehead atoms. The number of phenols is 1. The van der Waals surface area contributed by atoms with Crippen molar-refractivity contribution >= 4 is 104 Å². The number of carbonyl (C=O) groups is 6. The van der Waals surface area contributed by atoms with Gasteiger partial charge in [0.15, 0.2) is 18.3 Å². The summed E-state index contributed by atoms with van der Waals surface area (Å²) in [5.41, 5.74) is 3.42. The lowest BCUT2D eigenvalue weighted by atomic mass is 9.95. The van der Waals surface area contributed by atoms with Crippen molar-refractivity contribution in [2.75, 3.05) is 42.3 Å². The van der Waals surface area contributed by atoms with E-state index in [0.717, 1.165) is 65.2 Å². The molecule has 346 valence electrons. The molecule has 3 aliphatic rings. The smallest absolute Gasteiger partial charge is 0.339 e. The summed E-state index contributed by atoms with van der Waals surface area (Å²) in [6.45, 7) is 9.26. The number of amides is 2. The Bertz CT molecular complexity index is 2530. The Kier molecular flexibility index (Phi) is 17.6. The maximum atomic E-state index is 13.5. The number of benzene rings is 4. The molecule has 1 aromatic heterocycles. The van der Waals surface area contributed by atoms with Crippen molar-refractivity contribution in [2.45, 2.75) is 77.7 Å². The molecular weight excluding hydrogens is 903 g/mol. The minimum absolute atomic E-state index is 0.0783. The highest BCUT2D eigenvalue weighted by molar-refractivity contribution is 7.14. The molecule has 1 saturated heterocycles. The lowest BCUT2D eigenvalue weighted by Gasteiger charge is -2.42. The molecular formula is C47H50Cl2N2O13S. The second-order valence-corrected chi connectivity index (χ2v) is 16.0. The highest BCUT2D eigenvalue weighted by Crippen LogP contribution is 2.45. The number of anilines is 2. The van der Waals surface area contributed by atoms with Crippen LogP contribution in [0.15, 0.2) is 72.8 Å². The molecule has 0 spiro atoms. The van der Waals surface area contributed by atoms with Gasteiger partial charge in [0, 0.05) is 72.9 Å². The number of alkyl halides is 2. The van der Waals surface area contributed by atoms with Crippen LogP contribution in [0.3, 0.4) is 0 Å². The van der Waals surface area contributed by atoms with E-state index in [9.17, 15) is 33.9 Å². The molecule has 5 aromatic rings. The second-order valence-electron chi connectivity index (χ2n) is 14.4. The van der Waals surface area contributed by atoms with E-state index in [1.807, 2.05) is 75.4 Å². The zero-order valence-corrected chi connectivity index (χ0v) is 39.1. The minimum Gasteiger partial charge on any atom is -0.507 e. The minimum atomic E-state index is -1.60. The number of hydrogen-bond donors (Lipinski definition) is 1. The zero-order valence-electron chi connectivity index (χ0n) is 36.8. The van der Waals surface area contributed by atoms with Gasteiger partial charge < -0.3 is 43.3 Å². The summed E-state index contributed by atoms with van der Waals surface area (Å²) in [7, 11) is 1.11. The van der Waals surface area contributed by atoms with Crippen LogP contribution in [0.5, 0.6) is 11.5 Å². The fourth-order valence-corrected chi connectivity index (χ4v) is 9.17. The fraction of sp³-hybridized carbons (Fsp3) is 0.362. The molecule has 2 amide bonds. The molecule has 8 rings (SSSR count). The number of nitrogens with zero attached hydrogens (tertiary/aromatic N) is 2. The number of esters is 3. The van der Waals surface area contributed by atoms with E-state index in [1.165, 1.54) is 17.7 Å². The van der Waals surface area contributed by atoms with Crippen molar-refractivity contribution in [1.29, 1.82) is 0 Å². The van der Waals surface area contributed by atoms with E-state index < -0.39 is 48.6 Å². The quantitative estimate of drug-likeness (QED) is 0.0619. The number of rotatable bonds is 10. The molecule has 65 heavy (non-hydrogen) atoms. The van der Waals surface area contributed by atoms with Gasteiger partial charge in [-0.05, 0) is 47.4 Å². The molecule has 0 saturated carbocycles. The molecule has 4 aromatic carbocycles. The van der Waals surface area contributed by atoms with Gasteiger partial charge in [-0.3, -0.25) is 24.0 Å². The third kappa shape index (κ3) is 10.6. The van der Waals surface area contributed by atoms with Crippen LogP contribution in [-0.2, 0) is 54.1 Å². The summed E-state index contributed by atoms with van der Waals surface area (Å²) < 4.78 is 33.1. The predicted molar refractivity (Wildman–Crippen MR) is 247 cm³/mol. The lowest BCUT2D eigenvalue weighted by molar-refractivity contribution is -0.280. The highest BCUT2D eigenvalue weighted by atomic mass is 35.5. The van der Waals surface area contributed by atoms with Crippen LogP contribution in [0.4, 0.5) is 11.4 Å². The van der Waals surface area contributed by atoms with Crippen LogP contribution >= 0.6 is 34.5 Å². The van der Waals surface area contributed by atoms with Crippen LogP contribution in [0.1, 0.15) is 59.3 Å². The van der Waals surface area contributed by atoms with E-state index in [-0.39, 0.29) is 29.8 Å². The normalized spacial score (nSPS) is 20.3. The third-order valence-corrected chi connectivity index (χ3v) is 12.0. The monoisotopic (exact) mass is 952 g/mol. The van der Waals surface area contributed by atoms with Gasteiger partial charge in [0.2, 0.25) is 18.8 Å². The summed E-state index contributed by atoms with van der Waals surface area (Å²) >= 11 is 12.0. The zero-order chi connectivity index (χ0) is 47.5. The van der Waals surface area contributed by atoms with Crippen molar-refractivity contribution in [3.05, 3.63) is 93.7 Å². The number of aromatic hydroxyl groups is 1. The van der Waals surface area contributed by atoms with E-state index in [1.54, 1.807) is 28.0 Å². The van der Waals surface area contributed by atoms with Crippen molar-refractivity contribution in [3.63, 3.8) is 0 Å². The first kappa shape index (κ1) is 50.1. The Hall–Kier alpha value is -5.94. The largest absolute Gasteiger partial charge is 0.507 e. The first-order valence-corrected chi connectivity index (χ1v) is 22.7. The first-order chi connectivity index (χ1) is 31.4. The van der Waals surface area contributed by atoms with Crippen LogP contribution in [0.25, 0.3) is 21.5 Å². The van der Waals surface area contributed by atoms with Gasteiger partial charge in [-0.15, -0.1) is 34.5 Å². The number of thiophene rings is 1. The number of carbonyl (C=O) groups excluding carboxylic acids is 6. The molecule has 0 aliphatic carbocycles. The molecule has 6 unspecified atom stereocenters. The maximum absolute atomic E-state index is 13.5. The number of fused-ring (bicyclic) bond motifs is 6. The average molecular weight is 954 g/mol. The Balaban J connectivity index is 0.000000298. The molecule has 1 fully saturated rings. The van der Waals surface area contributed by atoms with Crippen LogP contribution < -0.4 is 14.5 Å². The first-order valence-electron chi connectivity index (χ1n) is 20.6. The van der Waals surface area contributed by atoms with Crippen molar-refractivity contribution in [2.24, 2.45) is 0 Å². The number of methoxy groups -OCH3 is 1.